The summed E-state index contributed by atoms with van der Waals surface area (Å²) in [4.78, 5) is 21.2. The predicted octanol–water partition coefficient (Wildman–Crippen LogP) is 2.48. The number of halogens is 3. The van der Waals surface area contributed by atoms with Gasteiger partial charge in [0.05, 0.1) is 52.4 Å². The lowest BCUT2D eigenvalue weighted by molar-refractivity contribution is 0.00558. The number of ether oxygens (including phenoxy) is 4. The van der Waals surface area contributed by atoms with Crippen molar-refractivity contribution in [2.24, 2.45) is 9.36 Å². The molecule has 0 saturated carbocycles. The van der Waals surface area contributed by atoms with Crippen LogP contribution in [0.5, 0.6) is 5.88 Å². The third-order valence-electron chi connectivity index (χ3n) is 7.36. The molecule has 3 fully saturated rings. The fraction of sp³-hybridized carbons (Fsp3) is 0.500. The van der Waals surface area contributed by atoms with E-state index in [9.17, 15) is 28.0 Å². The average molecular weight is 614 g/mol. The van der Waals surface area contributed by atoms with Gasteiger partial charge in [0.25, 0.3) is 5.91 Å². The number of carbonyl (C=O) groups is 1. The third-order valence-corrected chi connectivity index (χ3v) is 9.88. The third kappa shape index (κ3) is 5.81. The molecule has 2 aromatic rings. The van der Waals surface area contributed by atoms with Crippen LogP contribution in [0.15, 0.2) is 27.6 Å². The Kier molecular flexibility index (Phi) is 7.72. The molecule has 5 heterocycles. The van der Waals surface area contributed by atoms with Crippen LogP contribution in [-0.2, 0) is 37.0 Å². The van der Waals surface area contributed by atoms with Gasteiger partial charge in [-0.25, -0.2) is 23.0 Å². The van der Waals surface area contributed by atoms with Crippen LogP contribution in [0.25, 0.3) is 0 Å². The van der Waals surface area contributed by atoms with Gasteiger partial charge in [-0.15, -0.1) is 0 Å². The van der Waals surface area contributed by atoms with Crippen LogP contribution in [-0.4, -0.2) is 86.5 Å². The lowest BCUT2D eigenvalue weighted by atomic mass is 10.1. The van der Waals surface area contributed by atoms with E-state index >= 15 is 0 Å². The van der Waals surface area contributed by atoms with E-state index in [1.807, 2.05) is 0 Å². The van der Waals surface area contributed by atoms with Crippen LogP contribution in [0.4, 0.5) is 14.5 Å². The number of carbonyl (C=O) groups excluding carboxylic acids is 1. The topological polar surface area (TPSA) is 149 Å². The summed E-state index contributed by atoms with van der Waals surface area (Å²) in [6.07, 6.45) is -1.91. The van der Waals surface area contributed by atoms with E-state index in [0.717, 1.165) is 12.1 Å². The zero-order valence-corrected chi connectivity index (χ0v) is 23.1. The molecule has 0 unspecified atom stereocenters. The molecule has 0 bridgehead atoms. The Morgan fingerprint density at radius 2 is 1.83 bits per heavy atom. The second kappa shape index (κ2) is 11.2. The molecule has 1 amide bonds. The van der Waals surface area contributed by atoms with E-state index in [2.05, 4.69) is 14.3 Å². The molecule has 6 rings (SSSR count). The molecule has 1 aromatic carbocycles. The summed E-state index contributed by atoms with van der Waals surface area (Å²) in [6.45, 7) is -0.165. The van der Waals surface area contributed by atoms with Crippen LogP contribution in [0.1, 0.15) is 34.5 Å². The predicted molar refractivity (Wildman–Crippen MR) is 141 cm³/mol. The molecular formula is C26H26ClF2N3O8S. The van der Waals surface area contributed by atoms with Crippen molar-refractivity contribution in [3.05, 3.63) is 51.7 Å². The Hall–Kier alpha value is -2.75. The Morgan fingerprint density at radius 3 is 2.56 bits per heavy atom. The van der Waals surface area contributed by atoms with E-state index in [1.165, 1.54) is 6.07 Å². The Balaban J connectivity index is 1.11. The quantitative estimate of drug-likeness (QED) is 0.519. The van der Waals surface area contributed by atoms with Crippen molar-refractivity contribution in [2.75, 3.05) is 24.7 Å². The Labute approximate surface area is 238 Å². The van der Waals surface area contributed by atoms with Gasteiger partial charge in [0.1, 0.15) is 41.6 Å². The van der Waals surface area contributed by atoms with Crippen molar-refractivity contribution in [3.8, 4) is 5.88 Å². The first kappa shape index (κ1) is 28.4. The van der Waals surface area contributed by atoms with Crippen LogP contribution >= 0.6 is 11.6 Å². The maximum Gasteiger partial charge on any atom is 0.285 e. The van der Waals surface area contributed by atoms with Crippen LogP contribution in [0.3, 0.4) is 0 Å². The number of fused-ring (bicyclic) bond motifs is 2. The van der Waals surface area contributed by atoms with Crippen LogP contribution < -0.4 is 4.74 Å². The average Bonchev–Trinajstić information content (AvgIpc) is 3.62. The van der Waals surface area contributed by atoms with E-state index in [4.69, 9.17) is 30.5 Å². The molecule has 4 aliphatic rings. The van der Waals surface area contributed by atoms with Gasteiger partial charge >= 0.3 is 0 Å². The molecule has 220 valence electrons. The number of aromatic nitrogens is 1. The minimum Gasteiger partial charge on any atom is -0.472 e. The number of benzene rings is 1. The lowest BCUT2D eigenvalue weighted by Gasteiger charge is -2.19. The van der Waals surface area contributed by atoms with Gasteiger partial charge in [-0.2, -0.15) is 4.36 Å². The zero-order chi connectivity index (χ0) is 28.9. The molecule has 0 spiro atoms. The SMILES string of the molecule is O=C(N=S1(=O)CCC(O)CC1)c1cc(F)c(COc2nc3c(cc2Cl)N=C(O[C@@H]2CO[C@H]4[C@@H]2OC[C@H]4O)C3)c(F)c1. The normalized spacial score (nSPS) is 30.5. The Morgan fingerprint density at radius 1 is 1.12 bits per heavy atom. The van der Waals surface area contributed by atoms with Gasteiger partial charge in [0.2, 0.25) is 5.88 Å². The van der Waals surface area contributed by atoms with Crippen molar-refractivity contribution < 1.29 is 46.9 Å². The standard InChI is InChI=1S/C26H26ClF2N3O8S/c27-15-7-18-19(8-22(30-18)40-21-11-38-23-20(34)10-37-24(21)23)31-26(15)39-9-14-16(28)5-12(6-17(14)29)25(35)32-41(36)3-1-13(33)2-4-41/h5-7,13,20-21,23-24,33-34H,1-4,8-11H2/t13?,20-,21-,23-,24-,41?/m1/s1. The van der Waals surface area contributed by atoms with Crippen molar-refractivity contribution in [2.45, 2.75) is 56.4 Å². The second-order valence-electron chi connectivity index (χ2n) is 10.3. The van der Waals surface area contributed by atoms with Gasteiger partial charge in [-0.3, -0.25) is 4.79 Å². The number of hydrogen-bond acceptors (Lipinski definition) is 10. The minimum atomic E-state index is -2.90. The smallest absolute Gasteiger partial charge is 0.285 e. The first-order chi connectivity index (χ1) is 19.6. The molecule has 0 aliphatic carbocycles. The maximum absolute atomic E-state index is 14.8. The lowest BCUT2D eigenvalue weighted by Crippen LogP contribution is -2.34. The fourth-order valence-corrected chi connectivity index (χ4v) is 7.39. The van der Waals surface area contributed by atoms with Gasteiger partial charge < -0.3 is 29.2 Å². The number of aliphatic hydroxyl groups is 2. The van der Waals surface area contributed by atoms with Crippen LogP contribution in [0, 0.1) is 11.6 Å². The molecule has 15 heteroatoms. The van der Waals surface area contributed by atoms with Gasteiger partial charge in [-0.05, 0) is 31.0 Å². The molecule has 3 saturated heterocycles. The summed E-state index contributed by atoms with van der Waals surface area (Å²) in [7, 11) is -2.90. The minimum absolute atomic E-state index is 0.0402. The highest BCUT2D eigenvalue weighted by Crippen LogP contribution is 2.36. The summed E-state index contributed by atoms with van der Waals surface area (Å²) in [6, 6.07) is 3.13. The first-order valence-corrected chi connectivity index (χ1v) is 15.2. The molecule has 4 atom stereocenters. The number of amides is 1. The molecule has 4 aliphatic heterocycles. The van der Waals surface area contributed by atoms with Gasteiger partial charge in [0.15, 0.2) is 12.0 Å². The molecular weight excluding hydrogens is 588 g/mol. The van der Waals surface area contributed by atoms with E-state index < -0.39 is 70.0 Å². The van der Waals surface area contributed by atoms with Crippen LogP contribution in [0.2, 0.25) is 5.02 Å². The summed E-state index contributed by atoms with van der Waals surface area (Å²) < 4.78 is 68.8. The largest absolute Gasteiger partial charge is 0.472 e. The van der Waals surface area contributed by atoms with E-state index in [0.29, 0.717) is 17.3 Å². The maximum atomic E-state index is 14.8. The monoisotopic (exact) mass is 613 g/mol. The summed E-state index contributed by atoms with van der Waals surface area (Å²) in [5.41, 5.74) is 0.0945. The molecule has 1 aromatic heterocycles. The first-order valence-electron chi connectivity index (χ1n) is 13.0. The second-order valence-corrected chi connectivity index (χ2v) is 13.2. The van der Waals surface area contributed by atoms with E-state index in [1.54, 1.807) is 0 Å². The summed E-state index contributed by atoms with van der Waals surface area (Å²) in [5.74, 6) is -2.73. The number of pyridine rings is 1. The van der Waals surface area contributed by atoms with E-state index in [-0.39, 0.29) is 60.4 Å². The number of rotatable bonds is 5. The summed E-state index contributed by atoms with van der Waals surface area (Å²) in [5, 5.41) is 19.6. The number of aliphatic imine (C=N–C) groups is 1. The Bertz CT molecular complexity index is 1510. The molecule has 41 heavy (non-hydrogen) atoms. The van der Waals surface area contributed by atoms with Crippen molar-refractivity contribution in [1.82, 2.24) is 4.98 Å². The highest BCUT2D eigenvalue weighted by Gasteiger charge is 2.49. The zero-order valence-electron chi connectivity index (χ0n) is 21.5. The number of aliphatic hydroxyl groups excluding tert-OH is 2. The van der Waals surface area contributed by atoms with Crippen molar-refractivity contribution >= 4 is 38.8 Å². The van der Waals surface area contributed by atoms with Gasteiger partial charge in [-0.1, -0.05) is 11.6 Å². The fourth-order valence-electron chi connectivity index (χ4n) is 5.12. The number of nitrogens with zero attached hydrogens (tertiary/aromatic N) is 3. The van der Waals surface area contributed by atoms with Crippen molar-refractivity contribution in [1.29, 1.82) is 0 Å². The van der Waals surface area contributed by atoms with Crippen molar-refractivity contribution in [3.63, 3.8) is 0 Å². The summed E-state index contributed by atoms with van der Waals surface area (Å²) >= 11 is 6.29. The highest BCUT2D eigenvalue weighted by molar-refractivity contribution is 7.93. The van der Waals surface area contributed by atoms with Gasteiger partial charge in [0, 0.05) is 17.1 Å². The highest BCUT2D eigenvalue weighted by atomic mass is 35.5. The molecule has 2 N–H and O–H groups in total. The molecule has 11 nitrogen and oxygen atoms in total. The molecule has 0 radical (unpaired) electrons. The number of hydrogen-bond donors (Lipinski definition) is 2.